The highest BCUT2D eigenvalue weighted by molar-refractivity contribution is 9.11. The van der Waals surface area contributed by atoms with Crippen LogP contribution in [0, 0.1) is 20.2 Å². The highest BCUT2D eigenvalue weighted by atomic mass is 79.9. The predicted molar refractivity (Wildman–Crippen MR) is 99.9 cm³/mol. The molecule has 1 N–H and O–H groups in total. The van der Waals surface area contributed by atoms with Crippen molar-refractivity contribution < 1.29 is 36.2 Å². The van der Waals surface area contributed by atoms with E-state index in [4.69, 9.17) is 11.6 Å². The predicted octanol–water partition coefficient (Wildman–Crippen LogP) is 7.46. The van der Waals surface area contributed by atoms with E-state index in [0.717, 1.165) is 0 Å². The van der Waals surface area contributed by atoms with Gasteiger partial charge in [-0.25, -0.2) is 0 Å². The summed E-state index contributed by atoms with van der Waals surface area (Å²) in [5, 5.41) is 23.2. The topological polar surface area (TPSA) is 98.3 Å². The normalized spacial score (nSPS) is 12.0. The fraction of sp³-hybridized carbons (Fsp3) is 0.143. The van der Waals surface area contributed by atoms with Crippen molar-refractivity contribution in [3.8, 4) is 0 Å². The summed E-state index contributed by atoms with van der Waals surface area (Å²) in [5.41, 5.74) is -7.37. The fourth-order valence-corrected chi connectivity index (χ4v) is 3.83. The molecule has 0 saturated carbocycles. The zero-order valence-corrected chi connectivity index (χ0v) is 17.6. The third-order valence-electron chi connectivity index (χ3n) is 3.53. The van der Waals surface area contributed by atoms with Gasteiger partial charge in [0.1, 0.15) is 5.69 Å². The Hall–Kier alpha value is -2.13. The van der Waals surface area contributed by atoms with Gasteiger partial charge in [-0.2, -0.15) is 26.3 Å². The zero-order chi connectivity index (χ0) is 23.2. The van der Waals surface area contributed by atoms with Crippen LogP contribution >= 0.6 is 43.5 Å². The summed E-state index contributed by atoms with van der Waals surface area (Å²) < 4.78 is 78.5. The minimum atomic E-state index is -5.28. The van der Waals surface area contributed by atoms with Gasteiger partial charge >= 0.3 is 12.4 Å². The second-order valence-electron chi connectivity index (χ2n) is 5.43. The molecule has 30 heavy (non-hydrogen) atoms. The van der Waals surface area contributed by atoms with Crippen LogP contribution in [-0.2, 0) is 12.4 Å². The number of halogens is 9. The molecule has 0 aliphatic heterocycles. The first-order valence-corrected chi connectivity index (χ1v) is 9.07. The number of nitro benzene ring substituents is 2. The van der Waals surface area contributed by atoms with Gasteiger partial charge in [-0.1, -0.05) is 11.6 Å². The van der Waals surface area contributed by atoms with Crippen molar-refractivity contribution in [3.05, 3.63) is 63.5 Å². The molecule has 2 rings (SSSR count). The van der Waals surface area contributed by atoms with Crippen molar-refractivity contribution in [2.75, 3.05) is 5.32 Å². The molecule has 0 aliphatic carbocycles. The first-order valence-electron chi connectivity index (χ1n) is 7.11. The van der Waals surface area contributed by atoms with Gasteiger partial charge in [0.25, 0.3) is 11.4 Å². The van der Waals surface area contributed by atoms with Crippen molar-refractivity contribution in [3.63, 3.8) is 0 Å². The van der Waals surface area contributed by atoms with E-state index in [0.29, 0.717) is 6.07 Å². The molecule has 0 saturated heterocycles. The van der Waals surface area contributed by atoms with Crippen LogP contribution in [-0.4, -0.2) is 9.85 Å². The molecular weight excluding hydrogens is 583 g/mol. The summed E-state index contributed by atoms with van der Waals surface area (Å²) in [7, 11) is 0. The average Bonchev–Trinajstić information content (AvgIpc) is 2.59. The van der Waals surface area contributed by atoms with Gasteiger partial charge in [-0.3, -0.25) is 20.2 Å². The summed E-state index contributed by atoms with van der Waals surface area (Å²) in [4.78, 5) is 19.6. The number of hydrogen-bond acceptors (Lipinski definition) is 5. The summed E-state index contributed by atoms with van der Waals surface area (Å²) >= 11 is 11.1. The monoisotopic (exact) mass is 585 g/mol. The molecule has 0 aliphatic rings. The van der Waals surface area contributed by atoms with E-state index in [1.54, 1.807) is 0 Å². The Morgan fingerprint density at radius 2 is 1.40 bits per heavy atom. The first-order chi connectivity index (χ1) is 13.6. The lowest BCUT2D eigenvalue weighted by atomic mass is 10.1. The Morgan fingerprint density at radius 3 is 1.83 bits per heavy atom. The molecule has 0 heterocycles. The molecule has 2 aromatic rings. The maximum Gasteiger partial charge on any atom is 0.418 e. The lowest BCUT2D eigenvalue weighted by Crippen LogP contribution is -2.13. The van der Waals surface area contributed by atoms with Crippen LogP contribution in [0.1, 0.15) is 11.1 Å². The molecular formula is C14H4Br2ClF6N3O4. The van der Waals surface area contributed by atoms with Crippen LogP contribution in [0.3, 0.4) is 0 Å². The van der Waals surface area contributed by atoms with Gasteiger partial charge in [-0.15, -0.1) is 0 Å². The van der Waals surface area contributed by atoms with E-state index in [1.165, 1.54) is 0 Å². The highest BCUT2D eigenvalue weighted by Crippen LogP contribution is 2.49. The summed E-state index contributed by atoms with van der Waals surface area (Å²) in [6.45, 7) is 0. The molecule has 0 atom stereocenters. The molecule has 16 heteroatoms. The summed E-state index contributed by atoms with van der Waals surface area (Å²) in [6, 6.07) is 0.799. The maximum absolute atomic E-state index is 13.5. The van der Waals surface area contributed by atoms with Crippen LogP contribution in [0.25, 0.3) is 0 Å². The third kappa shape index (κ3) is 4.78. The van der Waals surface area contributed by atoms with Gasteiger partial charge in [0.15, 0.2) is 0 Å². The fourth-order valence-electron chi connectivity index (χ4n) is 2.26. The molecule has 0 spiro atoms. The van der Waals surface area contributed by atoms with Crippen LogP contribution in [0.5, 0.6) is 0 Å². The standard InChI is InChI=1S/C14H4Br2ClF6N3O4/c15-7-3-5(13(18,19)20)10(17)9(16)12(7)24-11-6(14(21,22)23)1-4(25(27)28)2-8(11)26(29)30/h1-3,24H. The highest BCUT2D eigenvalue weighted by Gasteiger charge is 2.41. The number of alkyl halides is 6. The number of nitro groups is 2. The Balaban J connectivity index is 2.82. The minimum absolute atomic E-state index is 0.0584. The Bertz CT molecular complexity index is 1060. The van der Waals surface area contributed by atoms with E-state index >= 15 is 0 Å². The lowest BCUT2D eigenvalue weighted by molar-refractivity contribution is -0.394. The maximum atomic E-state index is 13.5. The molecule has 0 radical (unpaired) electrons. The number of non-ortho nitro benzene ring substituents is 1. The van der Waals surface area contributed by atoms with Crippen LogP contribution in [0.15, 0.2) is 27.1 Å². The number of rotatable bonds is 4. The summed E-state index contributed by atoms with van der Waals surface area (Å²) in [6.07, 6.45) is -10.2. The second-order valence-corrected chi connectivity index (χ2v) is 7.46. The van der Waals surface area contributed by atoms with Crippen molar-refractivity contribution >= 4 is 66.2 Å². The minimum Gasteiger partial charge on any atom is -0.348 e. The van der Waals surface area contributed by atoms with Crippen LogP contribution < -0.4 is 5.32 Å². The Labute approximate surface area is 183 Å². The SMILES string of the molecule is O=[N+]([O-])c1cc([N+](=O)[O-])c(Nc2c(Br)cc(C(F)(F)F)c(Cl)c2Br)c(C(F)(F)F)c1. The molecule has 0 unspecified atom stereocenters. The number of benzene rings is 2. The third-order valence-corrected chi connectivity index (χ3v) is 5.57. The summed E-state index contributed by atoms with van der Waals surface area (Å²) in [5.74, 6) is 0. The molecule has 7 nitrogen and oxygen atoms in total. The van der Waals surface area contributed by atoms with Crippen molar-refractivity contribution in [2.45, 2.75) is 12.4 Å². The average molecular weight is 587 g/mol. The number of anilines is 2. The molecule has 162 valence electrons. The van der Waals surface area contributed by atoms with Gasteiger partial charge in [-0.05, 0) is 37.9 Å². The Morgan fingerprint density at radius 1 is 0.867 bits per heavy atom. The first kappa shape index (κ1) is 24.1. The number of nitrogens with zero attached hydrogens (tertiary/aromatic N) is 2. The van der Waals surface area contributed by atoms with Crippen LogP contribution in [0.2, 0.25) is 5.02 Å². The largest absolute Gasteiger partial charge is 0.418 e. The Kier molecular flexibility index (Phi) is 6.59. The van der Waals surface area contributed by atoms with Crippen molar-refractivity contribution in [1.82, 2.24) is 0 Å². The van der Waals surface area contributed by atoms with Crippen molar-refractivity contribution in [2.24, 2.45) is 0 Å². The lowest BCUT2D eigenvalue weighted by Gasteiger charge is -2.19. The van der Waals surface area contributed by atoms with E-state index in [2.05, 4.69) is 31.9 Å². The second kappa shape index (κ2) is 8.19. The van der Waals surface area contributed by atoms with Gasteiger partial charge in [0, 0.05) is 10.5 Å². The van der Waals surface area contributed by atoms with Gasteiger partial charge in [0.2, 0.25) is 0 Å². The van der Waals surface area contributed by atoms with Crippen LogP contribution in [0.4, 0.5) is 49.1 Å². The van der Waals surface area contributed by atoms with E-state index in [9.17, 15) is 46.6 Å². The van der Waals surface area contributed by atoms with Gasteiger partial charge in [0.05, 0.1) is 42.2 Å². The molecule has 0 amide bonds. The quantitative estimate of drug-likeness (QED) is 0.173. The molecule has 2 aromatic carbocycles. The molecule has 0 fully saturated rings. The van der Waals surface area contributed by atoms with E-state index < -0.39 is 70.0 Å². The molecule has 0 aromatic heterocycles. The number of hydrogen-bond donors (Lipinski definition) is 1. The van der Waals surface area contributed by atoms with E-state index in [-0.39, 0.29) is 12.1 Å². The smallest absolute Gasteiger partial charge is 0.348 e. The van der Waals surface area contributed by atoms with Crippen molar-refractivity contribution in [1.29, 1.82) is 0 Å². The van der Waals surface area contributed by atoms with E-state index in [1.807, 2.05) is 5.32 Å². The zero-order valence-electron chi connectivity index (χ0n) is 13.7. The van der Waals surface area contributed by atoms with Gasteiger partial charge < -0.3 is 5.32 Å². The molecule has 0 bridgehead atoms. The number of nitrogens with one attached hydrogen (secondary N) is 1.